The van der Waals surface area contributed by atoms with Crippen LogP contribution in [0.5, 0.6) is 0 Å². The number of hydrogen-bond donors (Lipinski definition) is 0. The van der Waals surface area contributed by atoms with Crippen molar-refractivity contribution in [3.8, 4) is 11.1 Å². The lowest BCUT2D eigenvalue weighted by Gasteiger charge is -2.26. The standard InChI is InChI=1S/C20H25NO/c1-17-4-2-6-20(16-17)19-9-7-18(8-10-19)5-3-11-21-12-14-22-15-13-21/h2,4,6-10,16H,3,5,11-15H2,1H3. The normalized spacial score (nSPS) is 15.9. The fourth-order valence-electron chi connectivity index (χ4n) is 3.02. The third kappa shape index (κ3) is 4.19. The maximum Gasteiger partial charge on any atom is 0.0594 e. The van der Waals surface area contributed by atoms with E-state index in [0.717, 1.165) is 32.7 Å². The fraction of sp³-hybridized carbons (Fsp3) is 0.400. The largest absolute Gasteiger partial charge is 0.379 e. The molecule has 2 aromatic carbocycles. The first kappa shape index (κ1) is 15.3. The van der Waals surface area contributed by atoms with E-state index >= 15 is 0 Å². The van der Waals surface area contributed by atoms with Crippen molar-refractivity contribution < 1.29 is 4.74 Å². The van der Waals surface area contributed by atoms with Crippen LogP contribution in [0, 0.1) is 6.92 Å². The summed E-state index contributed by atoms with van der Waals surface area (Å²) in [5.74, 6) is 0. The number of benzene rings is 2. The highest BCUT2D eigenvalue weighted by Gasteiger charge is 2.09. The molecule has 0 radical (unpaired) electrons. The van der Waals surface area contributed by atoms with Crippen molar-refractivity contribution in [1.82, 2.24) is 4.90 Å². The molecule has 2 aromatic rings. The van der Waals surface area contributed by atoms with E-state index in [1.165, 1.54) is 35.2 Å². The second-order valence-corrected chi connectivity index (χ2v) is 6.12. The van der Waals surface area contributed by atoms with Crippen LogP contribution in [0.3, 0.4) is 0 Å². The van der Waals surface area contributed by atoms with Crippen LogP contribution in [-0.4, -0.2) is 37.7 Å². The third-order valence-corrected chi connectivity index (χ3v) is 4.35. The molecule has 1 fully saturated rings. The lowest BCUT2D eigenvalue weighted by atomic mass is 10.0. The number of rotatable bonds is 5. The summed E-state index contributed by atoms with van der Waals surface area (Å²) in [4.78, 5) is 2.50. The van der Waals surface area contributed by atoms with Crippen LogP contribution in [0.2, 0.25) is 0 Å². The van der Waals surface area contributed by atoms with Crippen LogP contribution in [-0.2, 0) is 11.2 Å². The first-order valence-corrected chi connectivity index (χ1v) is 8.27. The Balaban J connectivity index is 1.53. The Hall–Kier alpha value is -1.64. The Kier molecular flexibility index (Phi) is 5.25. The Labute approximate surface area is 133 Å². The van der Waals surface area contributed by atoms with Gasteiger partial charge in [0.15, 0.2) is 0 Å². The van der Waals surface area contributed by atoms with E-state index < -0.39 is 0 Å². The van der Waals surface area contributed by atoms with Gasteiger partial charge in [-0.1, -0.05) is 54.1 Å². The number of nitrogens with zero attached hydrogens (tertiary/aromatic N) is 1. The highest BCUT2D eigenvalue weighted by molar-refractivity contribution is 5.64. The average molecular weight is 295 g/mol. The van der Waals surface area contributed by atoms with Gasteiger partial charge in [-0.25, -0.2) is 0 Å². The van der Waals surface area contributed by atoms with Crippen LogP contribution >= 0.6 is 0 Å². The maximum atomic E-state index is 5.39. The van der Waals surface area contributed by atoms with Crippen molar-refractivity contribution in [3.63, 3.8) is 0 Å². The second-order valence-electron chi connectivity index (χ2n) is 6.12. The van der Waals surface area contributed by atoms with Gasteiger partial charge >= 0.3 is 0 Å². The van der Waals surface area contributed by atoms with Crippen molar-refractivity contribution >= 4 is 0 Å². The Bertz CT molecular complexity index is 585. The minimum atomic E-state index is 0.894. The van der Waals surface area contributed by atoms with Crippen molar-refractivity contribution in [3.05, 3.63) is 59.7 Å². The van der Waals surface area contributed by atoms with E-state index in [9.17, 15) is 0 Å². The average Bonchev–Trinajstić information content (AvgIpc) is 2.56. The molecular formula is C20H25NO. The summed E-state index contributed by atoms with van der Waals surface area (Å²) in [5, 5.41) is 0. The Morgan fingerprint density at radius 1 is 0.955 bits per heavy atom. The van der Waals surface area contributed by atoms with E-state index in [1.54, 1.807) is 0 Å². The van der Waals surface area contributed by atoms with E-state index in [0.29, 0.717) is 0 Å². The summed E-state index contributed by atoms with van der Waals surface area (Å²) in [6.07, 6.45) is 2.38. The molecule has 0 aliphatic carbocycles. The molecule has 0 amide bonds. The Morgan fingerprint density at radius 2 is 1.73 bits per heavy atom. The van der Waals surface area contributed by atoms with E-state index in [2.05, 4.69) is 60.4 Å². The fourth-order valence-corrected chi connectivity index (χ4v) is 3.02. The Morgan fingerprint density at radius 3 is 2.45 bits per heavy atom. The number of ether oxygens (including phenoxy) is 1. The molecule has 0 aromatic heterocycles. The monoisotopic (exact) mass is 295 g/mol. The molecule has 2 heteroatoms. The predicted molar refractivity (Wildman–Crippen MR) is 92.2 cm³/mol. The summed E-state index contributed by atoms with van der Waals surface area (Å²) in [6.45, 7) is 7.29. The third-order valence-electron chi connectivity index (χ3n) is 4.35. The molecule has 22 heavy (non-hydrogen) atoms. The molecule has 116 valence electrons. The van der Waals surface area contributed by atoms with Gasteiger partial charge in [-0.3, -0.25) is 4.90 Å². The van der Waals surface area contributed by atoms with Gasteiger partial charge in [-0.15, -0.1) is 0 Å². The predicted octanol–water partition coefficient (Wildman–Crippen LogP) is 3.93. The molecule has 1 aliphatic heterocycles. The van der Waals surface area contributed by atoms with Crippen molar-refractivity contribution in [2.45, 2.75) is 19.8 Å². The molecule has 0 bridgehead atoms. The van der Waals surface area contributed by atoms with Gasteiger partial charge in [0.1, 0.15) is 0 Å². The quantitative estimate of drug-likeness (QED) is 0.829. The summed E-state index contributed by atoms with van der Waals surface area (Å²) in [6, 6.07) is 17.7. The molecule has 3 rings (SSSR count). The molecule has 0 spiro atoms. The topological polar surface area (TPSA) is 12.5 Å². The van der Waals surface area contributed by atoms with Crippen molar-refractivity contribution in [1.29, 1.82) is 0 Å². The van der Waals surface area contributed by atoms with Crippen molar-refractivity contribution in [2.75, 3.05) is 32.8 Å². The van der Waals surface area contributed by atoms with Gasteiger partial charge in [0.2, 0.25) is 0 Å². The summed E-state index contributed by atoms with van der Waals surface area (Å²) in [5.41, 5.74) is 5.36. The molecule has 1 saturated heterocycles. The van der Waals surface area contributed by atoms with E-state index in [4.69, 9.17) is 4.74 Å². The zero-order valence-electron chi connectivity index (χ0n) is 13.4. The highest BCUT2D eigenvalue weighted by atomic mass is 16.5. The highest BCUT2D eigenvalue weighted by Crippen LogP contribution is 2.21. The number of hydrogen-bond acceptors (Lipinski definition) is 2. The van der Waals surface area contributed by atoms with Gasteiger partial charge in [0, 0.05) is 13.1 Å². The first-order valence-electron chi connectivity index (χ1n) is 8.27. The number of aryl methyl sites for hydroxylation is 2. The van der Waals surface area contributed by atoms with E-state index in [1.807, 2.05) is 0 Å². The van der Waals surface area contributed by atoms with Crippen LogP contribution < -0.4 is 0 Å². The minimum absolute atomic E-state index is 0.894. The lowest BCUT2D eigenvalue weighted by Crippen LogP contribution is -2.36. The zero-order chi connectivity index (χ0) is 15.2. The molecule has 0 saturated carbocycles. The van der Waals surface area contributed by atoms with Gasteiger partial charge in [-0.05, 0) is 43.0 Å². The van der Waals surface area contributed by atoms with Crippen LogP contribution in [0.4, 0.5) is 0 Å². The maximum absolute atomic E-state index is 5.39. The first-order chi connectivity index (χ1) is 10.8. The molecular weight excluding hydrogens is 270 g/mol. The molecule has 2 nitrogen and oxygen atoms in total. The van der Waals surface area contributed by atoms with Crippen LogP contribution in [0.15, 0.2) is 48.5 Å². The summed E-state index contributed by atoms with van der Waals surface area (Å²) < 4.78 is 5.39. The van der Waals surface area contributed by atoms with Crippen LogP contribution in [0.25, 0.3) is 11.1 Å². The molecule has 1 aliphatic rings. The van der Waals surface area contributed by atoms with Gasteiger partial charge < -0.3 is 4.74 Å². The zero-order valence-corrected chi connectivity index (χ0v) is 13.4. The number of morpholine rings is 1. The van der Waals surface area contributed by atoms with Gasteiger partial charge in [0.25, 0.3) is 0 Å². The molecule has 1 heterocycles. The molecule has 0 N–H and O–H groups in total. The SMILES string of the molecule is Cc1cccc(-c2ccc(CCCN3CCOCC3)cc2)c1. The van der Waals surface area contributed by atoms with Crippen molar-refractivity contribution in [2.24, 2.45) is 0 Å². The minimum Gasteiger partial charge on any atom is -0.379 e. The second kappa shape index (κ2) is 7.57. The molecule has 0 atom stereocenters. The van der Waals surface area contributed by atoms with Gasteiger partial charge in [-0.2, -0.15) is 0 Å². The van der Waals surface area contributed by atoms with E-state index in [-0.39, 0.29) is 0 Å². The summed E-state index contributed by atoms with van der Waals surface area (Å²) in [7, 11) is 0. The summed E-state index contributed by atoms with van der Waals surface area (Å²) >= 11 is 0. The molecule has 0 unspecified atom stereocenters. The van der Waals surface area contributed by atoms with Gasteiger partial charge in [0.05, 0.1) is 13.2 Å². The smallest absolute Gasteiger partial charge is 0.0594 e. The van der Waals surface area contributed by atoms with Crippen LogP contribution in [0.1, 0.15) is 17.5 Å². The lowest BCUT2D eigenvalue weighted by molar-refractivity contribution is 0.0375.